The zero-order chi connectivity index (χ0) is 16.2. The van der Waals surface area contributed by atoms with Gasteiger partial charge in [0.2, 0.25) is 0 Å². The Kier molecular flexibility index (Phi) is 5.86. The third-order valence-corrected chi connectivity index (χ3v) is 5.15. The Morgan fingerprint density at radius 2 is 1.59 bits per heavy atom. The summed E-state index contributed by atoms with van der Waals surface area (Å²) < 4.78 is 0. The Bertz CT molecular complexity index is 470. The number of hydrogen-bond acceptors (Lipinski definition) is 1. The first kappa shape index (κ1) is 17.3. The zero-order valence-electron chi connectivity index (χ0n) is 14.7. The molecule has 1 fully saturated rings. The molecule has 22 heavy (non-hydrogen) atoms. The van der Waals surface area contributed by atoms with Crippen LogP contribution in [0.4, 0.5) is 0 Å². The number of hydrogen-bond donors (Lipinski definition) is 1. The predicted octanol–water partition coefficient (Wildman–Crippen LogP) is 5.24. The Hall–Kier alpha value is -1.08. The number of allylic oxidation sites excluding steroid dienone is 1. The van der Waals surface area contributed by atoms with Gasteiger partial charge in [-0.3, -0.25) is 0 Å². The van der Waals surface area contributed by atoms with Gasteiger partial charge in [0.1, 0.15) is 0 Å². The van der Waals surface area contributed by atoms with Gasteiger partial charge in [-0.15, -0.1) is 0 Å². The van der Waals surface area contributed by atoms with Crippen molar-refractivity contribution in [3.63, 3.8) is 0 Å². The van der Waals surface area contributed by atoms with Crippen molar-refractivity contribution >= 4 is 0 Å². The fourth-order valence-electron chi connectivity index (χ4n) is 3.56. The summed E-state index contributed by atoms with van der Waals surface area (Å²) in [4.78, 5) is 0. The molecule has 2 N–H and O–H groups in total. The average Bonchev–Trinajstić information content (AvgIpc) is 2.47. The summed E-state index contributed by atoms with van der Waals surface area (Å²) in [6.45, 7) is 12.0. The summed E-state index contributed by atoms with van der Waals surface area (Å²) >= 11 is 0. The molecule has 0 bridgehead atoms. The van der Waals surface area contributed by atoms with Crippen LogP contribution in [-0.4, -0.2) is 6.54 Å². The molecule has 1 aromatic carbocycles. The molecule has 2 rings (SSSR count). The van der Waals surface area contributed by atoms with E-state index in [4.69, 9.17) is 5.73 Å². The van der Waals surface area contributed by atoms with E-state index >= 15 is 0 Å². The van der Waals surface area contributed by atoms with Gasteiger partial charge in [-0.25, -0.2) is 0 Å². The quantitative estimate of drug-likeness (QED) is 0.739. The lowest BCUT2D eigenvalue weighted by Gasteiger charge is -2.28. The van der Waals surface area contributed by atoms with E-state index in [2.05, 4.69) is 51.6 Å². The first-order valence-corrected chi connectivity index (χ1v) is 8.84. The second-order valence-corrected chi connectivity index (χ2v) is 8.20. The molecule has 0 saturated heterocycles. The molecule has 0 spiro atoms. The van der Waals surface area contributed by atoms with Gasteiger partial charge in [0, 0.05) is 0 Å². The first-order valence-electron chi connectivity index (χ1n) is 8.84. The summed E-state index contributed by atoms with van der Waals surface area (Å²) in [7, 11) is 0. The first-order chi connectivity index (χ1) is 10.4. The molecule has 0 aliphatic heterocycles. The van der Waals surface area contributed by atoms with Crippen molar-refractivity contribution in [2.45, 2.75) is 64.7 Å². The van der Waals surface area contributed by atoms with E-state index in [-0.39, 0.29) is 5.41 Å². The maximum absolute atomic E-state index is 5.78. The van der Waals surface area contributed by atoms with E-state index in [0.717, 1.165) is 24.8 Å². The van der Waals surface area contributed by atoms with Gasteiger partial charge in [0.05, 0.1) is 0 Å². The van der Waals surface area contributed by atoms with Crippen molar-refractivity contribution in [1.29, 1.82) is 0 Å². The van der Waals surface area contributed by atoms with Crippen LogP contribution < -0.4 is 5.73 Å². The van der Waals surface area contributed by atoms with Crippen LogP contribution in [0.2, 0.25) is 0 Å². The van der Waals surface area contributed by atoms with Crippen molar-refractivity contribution in [1.82, 2.24) is 0 Å². The Morgan fingerprint density at radius 3 is 2.09 bits per heavy atom. The monoisotopic (exact) mass is 299 g/mol. The third kappa shape index (κ3) is 4.98. The van der Waals surface area contributed by atoms with Gasteiger partial charge in [0.15, 0.2) is 0 Å². The molecule has 1 aliphatic rings. The molecule has 1 nitrogen and oxygen atoms in total. The topological polar surface area (TPSA) is 26.0 Å². The number of rotatable bonds is 5. The fraction of sp³-hybridized carbons (Fsp3) is 0.619. The molecule has 0 heterocycles. The molecule has 0 amide bonds. The van der Waals surface area contributed by atoms with Crippen LogP contribution in [0.25, 0.3) is 0 Å². The van der Waals surface area contributed by atoms with Gasteiger partial charge in [0.25, 0.3) is 0 Å². The van der Waals surface area contributed by atoms with Crippen LogP contribution in [0.5, 0.6) is 0 Å². The van der Waals surface area contributed by atoms with Gasteiger partial charge in [-0.1, -0.05) is 57.2 Å². The van der Waals surface area contributed by atoms with E-state index < -0.39 is 0 Å². The van der Waals surface area contributed by atoms with Crippen molar-refractivity contribution in [2.75, 3.05) is 6.54 Å². The van der Waals surface area contributed by atoms with Crippen molar-refractivity contribution in [2.24, 2.45) is 17.6 Å². The minimum absolute atomic E-state index is 0.233. The SMILES string of the molecule is C=C(Cc1ccc(C(C)(C)C)cc1)CC1CCC(CN)CC1. The van der Waals surface area contributed by atoms with E-state index in [1.807, 2.05) is 0 Å². The average molecular weight is 300 g/mol. The summed E-state index contributed by atoms with van der Waals surface area (Å²) in [6.07, 6.45) is 7.52. The highest BCUT2D eigenvalue weighted by molar-refractivity contribution is 5.29. The normalized spacial score (nSPS) is 22.5. The van der Waals surface area contributed by atoms with Crippen LogP contribution in [0, 0.1) is 11.8 Å². The van der Waals surface area contributed by atoms with Crippen LogP contribution in [0.15, 0.2) is 36.4 Å². The predicted molar refractivity (Wildman–Crippen MR) is 97.1 cm³/mol. The van der Waals surface area contributed by atoms with Crippen molar-refractivity contribution in [3.05, 3.63) is 47.5 Å². The lowest BCUT2D eigenvalue weighted by molar-refractivity contribution is 0.277. The highest BCUT2D eigenvalue weighted by atomic mass is 14.5. The molecular weight excluding hydrogens is 266 g/mol. The molecule has 1 heteroatoms. The molecule has 0 radical (unpaired) electrons. The van der Waals surface area contributed by atoms with Crippen LogP contribution >= 0.6 is 0 Å². The lowest BCUT2D eigenvalue weighted by Crippen LogP contribution is -2.21. The Labute approximate surface area is 137 Å². The molecular formula is C21H33N. The molecule has 1 aliphatic carbocycles. The van der Waals surface area contributed by atoms with Crippen molar-refractivity contribution < 1.29 is 0 Å². The number of nitrogens with two attached hydrogens (primary N) is 1. The second kappa shape index (κ2) is 7.46. The largest absolute Gasteiger partial charge is 0.330 e. The van der Waals surface area contributed by atoms with E-state index in [1.54, 1.807) is 0 Å². The summed E-state index contributed by atoms with van der Waals surface area (Å²) in [5.41, 5.74) is 10.2. The Balaban J connectivity index is 1.82. The smallest absolute Gasteiger partial charge is 0.00489 e. The highest BCUT2D eigenvalue weighted by Gasteiger charge is 2.20. The maximum Gasteiger partial charge on any atom is -0.00489 e. The second-order valence-electron chi connectivity index (χ2n) is 8.20. The number of benzene rings is 1. The molecule has 1 aromatic rings. The van der Waals surface area contributed by atoms with Crippen LogP contribution in [0.1, 0.15) is 64.0 Å². The lowest BCUT2D eigenvalue weighted by atomic mass is 9.79. The van der Waals surface area contributed by atoms with Crippen molar-refractivity contribution in [3.8, 4) is 0 Å². The van der Waals surface area contributed by atoms with Gasteiger partial charge in [-0.05, 0) is 73.4 Å². The Morgan fingerprint density at radius 1 is 1.05 bits per heavy atom. The van der Waals surface area contributed by atoms with E-state index in [1.165, 1.54) is 48.8 Å². The van der Waals surface area contributed by atoms with Gasteiger partial charge >= 0.3 is 0 Å². The molecule has 1 saturated carbocycles. The summed E-state index contributed by atoms with van der Waals surface area (Å²) in [5.74, 6) is 1.61. The van der Waals surface area contributed by atoms with Crippen LogP contribution in [0.3, 0.4) is 0 Å². The van der Waals surface area contributed by atoms with Crippen LogP contribution in [-0.2, 0) is 11.8 Å². The molecule has 0 unspecified atom stereocenters. The third-order valence-electron chi connectivity index (χ3n) is 5.15. The van der Waals surface area contributed by atoms with Gasteiger partial charge in [-0.2, -0.15) is 0 Å². The zero-order valence-corrected chi connectivity index (χ0v) is 14.7. The summed E-state index contributed by atoms with van der Waals surface area (Å²) in [5, 5.41) is 0. The minimum Gasteiger partial charge on any atom is -0.330 e. The minimum atomic E-state index is 0.233. The van der Waals surface area contributed by atoms with E-state index in [9.17, 15) is 0 Å². The van der Waals surface area contributed by atoms with Gasteiger partial charge < -0.3 is 5.73 Å². The maximum atomic E-state index is 5.78. The highest BCUT2D eigenvalue weighted by Crippen LogP contribution is 2.32. The molecule has 122 valence electrons. The molecule has 0 atom stereocenters. The standard InChI is InChI=1S/C21H33N/c1-16(13-17-5-7-19(15-22)8-6-17)14-18-9-11-20(12-10-18)21(2,3)4/h9-12,17,19H,1,5-8,13-15,22H2,2-4H3. The summed E-state index contributed by atoms with van der Waals surface area (Å²) in [6, 6.07) is 9.10. The van der Waals surface area contributed by atoms with E-state index in [0.29, 0.717) is 0 Å². The fourth-order valence-corrected chi connectivity index (χ4v) is 3.56. The molecule has 0 aromatic heterocycles.